The Hall–Kier alpha value is -1.69. The molecule has 0 aliphatic heterocycles. The normalized spacial score (nSPS) is 10.4. The van der Waals surface area contributed by atoms with Crippen molar-refractivity contribution in [3.05, 3.63) is 40.1 Å². The van der Waals surface area contributed by atoms with Crippen molar-refractivity contribution in [3.63, 3.8) is 0 Å². The smallest absolute Gasteiger partial charge is 0.214 e. The van der Waals surface area contributed by atoms with Crippen LogP contribution in [0, 0.1) is 0 Å². The second kappa shape index (κ2) is 5.30. The van der Waals surface area contributed by atoms with Crippen molar-refractivity contribution in [3.8, 4) is 5.75 Å². The summed E-state index contributed by atoms with van der Waals surface area (Å²) in [5.74, 6) is 0.533. The summed E-state index contributed by atoms with van der Waals surface area (Å²) in [6.45, 7) is 2.46. The minimum Gasteiger partial charge on any atom is -0.494 e. The number of ketones is 1. The number of hydrogen-bond donors (Lipinski definition) is 0. The summed E-state index contributed by atoms with van der Waals surface area (Å²) >= 11 is 3.22. The van der Waals surface area contributed by atoms with Crippen molar-refractivity contribution in [1.29, 1.82) is 0 Å². The highest BCUT2D eigenvalue weighted by Gasteiger charge is 2.18. The van der Waals surface area contributed by atoms with Gasteiger partial charge in [0.05, 0.1) is 6.61 Å². The molecule has 2 rings (SSSR count). The summed E-state index contributed by atoms with van der Waals surface area (Å²) in [6.07, 6.45) is 0. The second-order valence-electron chi connectivity index (χ2n) is 3.64. The van der Waals surface area contributed by atoms with Crippen LogP contribution in [0.4, 0.5) is 0 Å². The lowest BCUT2D eigenvalue weighted by molar-refractivity contribution is 0.102. The lowest BCUT2D eigenvalue weighted by Crippen LogP contribution is -2.09. The topological polar surface area (TPSA) is 57.0 Å². The number of rotatable bonds is 4. The van der Waals surface area contributed by atoms with Crippen LogP contribution in [-0.2, 0) is 7.05 Å². The molecule has 18 heavy (non-hydrogen) atoms. The molecular weight excluding hydrogens is 298 g/mol. The van der Waals surface area contributed by atoms with Gasteiger partial charge in [0.1, 0.15) is 11.4 Å². The predicted molar refractivity (Wildman–Crippen MR) is 69.7 cm³/mol. The lowest BCUT2D eigenvalue weighted by Gasteiger charge is -2.05. The first-order valence-corrected chi connectivity index (χ1v) is 6.25. The SMILES string of the molecule is CCOc1cccc(C(=O)c2c(Br)nnn2C)c1. The van der Waals surface area contributed by atoms with E-state index in [1.54, 1.807) is 25.2 Å². The maximum absolute atomic E-state index is 12.3. The summed E-state index contributed by atoms with van der Waals surface area (Å²) in [6, 6.07) is 7.06. The maximum atomic E-state index is 12.3. The molecule has 0 atom stereocenters. The van der Waals surface area contributed by atoms with E-state index in [1.807, 2.05) is 13.0 Å². The van der Waals surface area contributed by atoms with Gasteiger partial charge in [-0.05, 0) is 35.0 Å². The van der Waals surface area contributed by atoms with Gasteiger partial charge in [-0.1, -0.05) is 17.3 Å². The Morgan fingerprint density at radius 3 is 2.89 bits per heavy atom. The zero-order valence-electron chi connectivity index (χ0n) is 10.1. The minimum atomic E-state index is -0.143. The van der Waals surface area contributed by atoms with Crippen LogP contribution < -0.4 is 4.74 Å². The van der Waals surface area contributed by atoms with Gasteiger partial charge in [0, 0.05) is 12.6 Å². The summed E-state index contributed by atoms with van der Waals surface area (Å²) in [5, 5.41) is 7.59. The third-order valence-electron chi connectivity index (χ3n) is 2.41. The Morgan fingerprint density at radius 1 is 1.50 bits per heavy atom. The van der Waals surface area contributed by atoms with E-state index in [1.165, 1.54) is 4.68 Å². The zero-order valence-corrected chi connectivity index (χ0v) is 11.6. The third-order valence-corrected chi connectivity index (χ3v) is 2.94. The van der Waals surface area contributed by atoms with Gasteiger partial charge in [0.25, 0.3) is 0 Å². The van der Waals surface area contributed by atoms with Crippen LogP contribution in [0.2, 0.25) is 0 Å². The number of ether oxygens (including phenoxy) is 1. The Kier molecular flexibility index (Phi) is 3.76. The summed E-state index contributed by atoms with van der Waals surface area (Å²) in [7, 11) is 1.68. The van der Waals surface area contributed by atoms with Gasteiger partial charge in [-0.25, -0.2) is 4.68 Å². The van der Waals surface area contributed by atoms with E-state index < -0.39 is 0 Å². The Labute approximate surface area is 113 Å². The number of aromatic nitrogens is 3. The van der Waals surface area contributed by atoms with E-state index in [-0.39, 0.29) is 5.78 Å². The first-order chi connectivity index (χ1) is 8.63. The molecule has 1 aromatic heterocycles. The molecule has 5 nitrogen and oxygen atoms in total. The van der Waals surface area contributed by atoms with Crippen molar-refractivity contribution < 1.29 is 9.53 Å². The van der Waals surface area contributed by atoms with E-state index in [0.717, 1.165) is 0 Å². The molecule has 0 unspecified atom stereocenters. The number of carbonyl (C=O) groups is 1. The molecule has 0 radical (unpaired) electrons. The highest BCUT2D eigenvalue weighted by molar-refractivity contribution is 9.10. The number of hydrogen-bond acceptors (Lipinski definition) is 4. The van der Waals surface area contributed by atoms with E-state index in [4.69, 9.17) is 4.74 Å². The minimum absolute atomic E-state index is 0.143. The Bertz CT molecular complexity index is 561. The van der Waals surface area contributed by atoms with Gasteiger partial charge in [-0.3, -0.25) is 4.79 Å². The van der Waals surface area contributed by atoms with Crippen molar-refractivity contribution in [2.75, 3.05) is 6.61 Å². The zero-order chi connectivity index (χ0) is 13.1. The summed E-state index contributed by atoms with van der Waals surface area (Å²) in [5.41, 5.74) is 0.968. The molecule has 2 aromatic rings. The largest absolute Gasteiger partial charge is 0.494 e. The fraction of sp³-hybridized carbons (Fsp3) is 0.250. The second-order valence-corrected chi connectivity index (χ2v) is 4.39. The summed E-state index contributed by atoms with van der Waals surface area (Å²) < 4.78 is 7.26. The monoisotopic (exact) mass is 309 g/mol. The average Bonchev–Trinajstić information content (AvgIpc) is 2.69. The maximum Gasteiger partial charge on any atom is 0.214 e. The van der Waals surface area contributed by atoms with Crippen molar-refractivity contribution >= 4 is 21.7 Å². The van der Waals surface area contributed by atoms with Crippen LogP contribution >= 0.6 is 15.9 Å². The molecule has 0 saturated carbocycles. The van der Waals surface area contributed by atoms with Crippen LogP contribution in [0.15, 0.2) is 28.9 Å². The molecular formula is C12H12BrN3O2. The highest BCUT2D eigenvalue weighted by Crippen LogP contribution is 2.20. The van der Waals surface area contributed by atoms with Crippen LogP contribution in [0.25, 0.3) is 0 Å². The first-order valence-electron chi connectivity index (χ1n) is 5.46. The van der Waals surface area contributed by atoms with Gasteiger partial charge in [0.2, 0.25) is 5.78 Å². The molecule has 0 aliphatic carbocycles. The highest BCUT2D eigenvalue weighted by atomic mass is 79.9. The Morgan fingerprint density at radius 2 is 2.28 bits per heavy atom. The molecule has 0 amide bonds. The standard InChI is InChI=1S/C12H12BrN3O2/c1-3-18-9-6-4-5-8(7-9)11(17)10-12(13)14-15-16(10)2/h4-7H,3H2,1-2H3. The van der Waals surface area contributed by atoms with Gasteiger partial charge < -0.3 is 4.74 Å². The number of halogens is 1. The van der Waals surface area contributed by atoms with Crippen molar-refractivity contribution in [1.82, 2.24) is 15.0 Å². The number of benzene rings is 1. The van der Waals surface area contributed by atoms with E-state index in [0.29, 0.717) is 28.2 Å². The van der Waals surface area contributed by atoms with Crippen LogP contribution in [0.5, 0.6) is 5.75 Å². The molecule has 0 spiro atoms. The number of nitrogens with zero attached hydrogens (tertiary/aromatic N) is 3. The van der Waals surface area contributed by atoms with Gasteiger partial charge in [0.15, 0.2) is 4.60 Å². The van der Waals surface area contributed by atoms with Crippen LogP contribution in [0.1, 0.15) is 23.0 Å². The van der Waals surface area contributed by atoms with Gasteiger partial charge in [-0.15, -0.1) is 5.10 Å². The quantitative estimate of drug-likeness (QED) is 0.813. The van der Waals surface area contributed by atoms with Crippen molar-refractivity contribution in [2.24, 2.45) is 7.05 Å². The van der Waals surface area contributed by atoms with Gasteiger partial charge >= 0.3 is 0 Å². The molecule has 6 heteroatoms. The van der Waals surface area contributed by atoms with E-state index >= 15 is 0 Å². The molecule has 0 saturated heterocycles. The third kappa shape index (κ3) is 2.43. The van der Waals surface area contributed by atoms with Crippen LogP contribution in [-0.4, -0.2) is 27.4 Å². The summed E-state index contributed by atoms with van der Waals surface area (Å²) in [4.78, 5) is 12.3. The molecule has 1 heterocycles. The molecule has 94 valence electrons. The molecule has 1 aromatic carbocycles. The van der Waals surface area contributed by atoms with Crippen LogP contribution in [0.3, 0.4) is 0 Å². The fourth-order valence-corrected chi connectivity index (χ4v) is 2.11. The van der Waals surface area contributed by atoms with Crippen molar-refractivity contribution in [2.45, 2.75) is 6.92 Å². The predicted octanol–water partition coefficient (Wildman–Crippen LogP) is 2.21. The fourth-order valence-electron chi connectivity index (χ4n) is 1.60. The lowest BCUT2D eigenvalue weighted by atomic mass is 10.1. The van der Waals surface area contributed by atoms with E-state index in [9.17, 15) is 4.79 Å². The molecule has 0 N–H and O–H groups in total. The van der Waals surface area contributed by atoms with E-state index in [2.05, 4.69) is 26.2 Å². The molecule has 0 bridgehead atoms. The molecule has 0 aliphatic rings. The number of aryl methyl sites for hydroxylation is 1. The Balaban J connectivity index is 2.37. The molecule has 0 fully saturated rings. The average molecular weight is 310 g/mol. The van der Waals surface area contributed by atoms with Gasteiger partial charge in [-0.2, -0.15) is 0 Å². The first kappa shape index (κ1) is 12.8. The number of carbonyl (C=O) groups excluding carboxylic acids is 1.